The van der Waals surface area contributed by atoms with Crippen molar-refractivity contribution in [3.63, 3.8) is 0 Å². The summed E-state index contributed by atoms with van der Waals surface area (Å²) in [5.74, 6) is -0.573. The van der Waals surface area contributed by atoms with Gasteiger partial charge in [-0.3, -0.25) is 9.59 Å². The van der Waals surface area contributed by atoms with Crippen molar-refractivity contribution < 1.29 is 14.3 Å². The SMILES string of the molecule is COC(=O)C1CC(=O)N(CCc2cccc3[nH]ccc23)C1. The standard InChI is InChI=1S/C16H18N2O3/c1-21-16(20)12-9-15(19)18(10-12)8-6-11-3-2-4-14-13(11)5-7-17-14/h2-5,7,12,17H,6,8-10H2,1H3. The molecule has 0 bridgehead atoms. The van der Waals surface area contributed by atoms with Crippen LogP contribution in [0.15, 0.2) is 30.5 Å². The molecule has 21 heavy (non-hydrogen) atoms. The number of carbonyl (C=O) groups is 2. The highest BCUT2D eigenvalue weighted by Gasteiger charge is 2.34. The van der Waals surface area contributed by atoms with Gasteiger partial charge >= 0.3 is 5.97 Å². The Balaban J connectivity index is 1.67. The van der Waals surface area contributed by atoms with Gasteiger partial charge in [-0.15, -0.1) is 0 Å². The van der Waals surface area contributed by atoms with Gasteiger partial charge in [0.05, 0.1) is 13.0 Å². The van der Waals surface area contributed by atoms with Gasteiger partial charge in [0.2, 0.25) is 5.91 Å². The van der Waals surface area contributed by atoms with Crippen molar-refractivity contribution in [2.75, 3.05) is 20.2 Å². The molecule has 1 amide bonds. The van der Waals surface area contributed by atoms with E-state index in [4.69, 9.17) is 4.74 Å². The summed E-state index contributed by atoms with van der Waals surface area (Å²) < 4.78 is 4.72. The van der Waals surface area contributed by atoms with Crippen molar-refractivity contribution in [2.45, 2.75) is 12.8 Å². The number of amides is 1. The summed E-state index contributed by atoms with van der Waals surface area (Å²) in [4.78, 5) is 28.4. The van der Waals surface area contributed by atoms with Crippen LogP contribution >= 0.6 is 0 Å². The second-order valence-corrected chi connectivity index (χ2v) is 5.37. The number of nitrogens with zero attached hydrogens (tertiary/aromatic N) is 1. The van der Waals surface area contributed by atoms with E-state index in [1.54, 1.807) is 4.90 Å². The Morgan fingerprint density at radius 1 is 1.43 bits per heavy atom. The number of hydrogen-bond acceptors (Lipinski definition) is 3. The number of rotatable bonds is 4. The lowest BCUT2D eigenvalue weighted by Gasteiger charge is -2.16. The molecule has 1 unspecified atom stereocenters. The number of fused-ring (bicyclic) bond motifs is 1. The minimum absolute atomic E-state index is 0.0339. The summed E-state index contributed by atoms with van der Waals surface area (Å²) in [6, 6.07) is 8.17. The van der Waals surface area contributed by atoms with Crippen LogP contribution in [0.2, 0.25) is 0 Å². The molecular formula is C16H18N2O3. The maximum atomic E-state index is 12.0. The van der Waals surface area contributed by atoms with Crippen LogP contribution in [0.3, 0.4) is 0 Å². The first-order valence-corrected chi connectivity index (χ1v) is 7.09. The van der Waals surface area contributed by atoms with E-state index in [-0.39, 0.29) is 24.2 Å². The van der Waals surface area contributed by atoms with Crippen LogP contribution in [0.25, 0.3) is 10.9 Å². The lowest BCUT2D eigenvalue weighted by Crippen LogP contribution is -2.28. The van der Waals surface area contributed by atoms with Gasteiger partial charge < -0.3 is 14.6 Å². The second-order valence-electron chi connectivity index (χ2n) is 5.37. The van der Waals surface area contributed by atoms with E-state index in [0.29, 0.717) is 13.1 Å². The number of methoxy groups -OCH3 is 1. The first-order chi connectivity index (χ1) is 10.2. The average Bonchev–Trinajstić information content (AvgIpc) is 3.11. The zero-order chi connectivity index (χ0) is 14.8. The average molecular weight is 286 g/mol. The number of carbonyl (C=O) groups excluding carboxylic acids is 2. The summed E-state index contributed by atoms with van der Waals surface area (Å²) in [6.45, 7) is 1.10. The third kappa shape index (κ3) is 2.63. The van der Waals surface area contributed by atoms with Crippen molar-refractivity contribution in [1.82, 2.24) is 9.88 Å². The summed E-state index contributed by atoms with van der Waals surface area (Å²) >= 11 is 0. The van der Waals surface area contributed by atoms with Crippen LogP contribution in [0, 0.1) is 5.92 Å². The fraction of sp³-hybridized carbons (Fsp3) is 0.375. The third-order valence-electron chi connectivity index (χ3n) is 4.09. The fourth-order valence-electron chi connectivity index (χ4n) is 2.94. The van der Waals surface area contributed by atoms with E-state index in [0.717, 1.165) is 11.9 Å². The molecule has 1 N–H and O–H groups in total. The molecule has 5 nitrogen and oxygen atoms in total. The molecule has 5 heteroatoms. The fourth-order valence-corrected chi connectivity index (χ4v) is 2.94. The topological polar surface area (TPSA) is 62.4 Å². The van der Waals surface area contributed by atoms with Crippen molar-refractivity contribution in [3.8, 4) is 0 Å². The molecule has 3 rings (SSSR count). The van der Waals surface area contributed by atoms with E-state index in [1.807, 2.05) is 24.4 Å². The number of ether oxygens (including phenoxy) is 1. The van der Waals surface area contributed by atoms with Gasteiger partial charge in [0, 0.05) is 36.6 Å². The minimum atomic E-state index is -0.314. The number of H-pyrrole nitrogens is 1. The van der Waals surface area contributed by atoms with Gasteiger partial charge in [0.25, 0.3) is 0 Å². The molecule has 2 aromatic rings. The van der Waals surface area contributed by atoms with Crippen LogP contribution in [-0.4, -0.2) is 42.0 Å². The summed E-state index contributed by atoms with van der Waals surface area (Å²) in [6.07, 6.45) is 2.97. The number of aromatic amines is 1. The van der Waals surface area contributed by atoms with Crippen molar-refractivity contribution in [3.05, 3.63) is 36.0 Å². The maximum absolute atomic E-state index is 12.0. The van der Waals surface area contributed by atoms with Gasteiger partial charge in [-0.1, -0.05) is 12.1 Å². The molecule has 1 aromatic carbocycles. The first-order valence-electron chi connectivity index (χ1n) is 7.09. The predicted octanol–water partition coefficient (Wildman–Crippen LogP) is 1.73. The molecule has 110 valence electrons. The number of benzene rings is 1. The highest BCUT2D eigenvalue weighted by Crippen LogP contribution is 2.22. The molecule has 2 heterocycles. The largest absolute Gasteiger partial charge is 0.469 e. The first kappa shape index (κ1) is 13.7. The highest BCUT2D eigenvalue weighted by atomic mass is 16.5. The summed E-state index contributed by atoms with van der Waals surface area (Å²) in [5, 5.41) is 1.19. The number of aromatic nitrogens is 1. The second kappa shape index (κ2) is 5.60. The van der Waals surface area contributed by atoms with Gasteiger partial charge in [0.1, 0.15) is 0 Å². The number of likely N-dealkylation sites (tertiary alicyclic amines) is 1. The molecule has 0 aliphatic carbocycles. The van der Waals surface area contributed by atoms with Gasteiger partial charge in [0.15, 0.2) is 0 Å². The Morgan fingerprint density at radius 3 is 3.10 bits per heavy atom. The number of esters is 1. The summed E-state index contributed by atoms with van der Waals surface area (Å²) in [5.41, 5.74) is 2.32. The highest BCUT2D eigenvalue weighted by molar-refractivity contribution is 5.87. The Bertz CT molecular complexity index is 677. The lowest BCUT2D eigenvalue weighted by molar-refractivity contribution is -0.145. The zero-order valence-corrected chi connectivity index (χ0v) is 12.0. The van der Waals surface area contributed by atoms with E-state index >= 15 is 0 Å². The number of nitrogens with one attached hydrogen (secondary N) is 1. The molecule has 1 aliphatic heterocycles. The van der Waals surface area contributed by atoms with E-state index in [2.05, 4.69) is 11.1 Å². The smallest absolute Gasteiger partial charge is 0.310 e. The molecule has 1 atom stereocenters. The normalized spacial score (nSPS) is 18.4. The Morgan fingerprint density at radius 2 is 2.29 bits per heavy atom. The minimum Gasteiger partial charge on any atom is -0.469 e. The molecule has 1 aromatic heterocycles. The maximum Gasteiger partial charge on any atom is 0.310 e. The van der Waals surface area contributed by atoms with Gasteiger partial charge in [-0.25, -0.2) is 0 Å². The van der Waals surface area contributed by atoms with Crippen molar-refractivity contribution >= 4 is 22.8 Å². The Hall–Kier alpha value is -2.30. The predicted molar refractivity (Wildman–Crippen MR) is 78.7 cm³/mol. The molecule has 1 aliphatic rings. The molecule has 1 saturated heterocycles. The molecule has 0 saturated carbocycles. The quantitative estimate of drug-likeness (QED) is 0.871. The Labute approximate surface area is 122 Å². The third-order valence-corrected chi connectivity index (χ3v) is 4.09. The molecule has 0 radical (unpaired) electrons. The number of hydrogen-bond donors (Lipinski definition) is 1. The Kier molecular flexibility index (Phi) is 3.64. The van der Waals surface area contributed by atoms with E-state index in [9.17, 15) is 9.59 Å². The van der Waals surface area contributed by atoms with Crippen LogP contribution in [-0.2, 0) is 20.7 Å². The van der Waals surface area contributed by atoms with Crippen molar-refractivity contribution in [1.29, 1.82) is 0 Å². The molecular weight excluding hydrogens is 268 g/mol. The zero-order valence-electron chi connectivity index (χ0n) is 12.0. The van der Waals surface area contributed by atoms with Gasteiger partial charge in [-0.2, -0.15) is 0 Å². The molecule has 1 fully saturated rings. The monoisotopic (exact) mass is 286 g/mol. The molecule has 0 spiro atoms. The van der Waals surface area contributed by atoms with Crippen LogP contribution < -0.4 is 0 Å². The van der Waals surface area contributed by atoms with E-state index < -0.39 is 0 Å². The van der Waals surface area contributed by atoms with Gasteiger partial charge in [-0.05, 0) is 24.1 Å². The van der Waals surface area contributed by atoms with E-state index in [1.165, 1.54) is 18.1 Å². The van der Waals surface area contributed by atoms with Crippen molar-refractivity contribution in [2.24, 2.45) is 5.92 Å². The van der Waals surface area contributed by atoms with Crippen LogP contribution in [0.1, 0.15) is 12.0 Å². The van der Waals surface area contributed by atoms with Crippen LogP contribution in [0.4, 0.5) is 0 Å². The lowest BCUT2D eigenvalue weighted by atomic mass is 10.1. The summed E-state index contributed by atoms with van der Waals surface area (Å²) in [7, 11) is 1.36. The van der Waals surface area contributed by atoms with Crippen LogP contribution in [0.5, 0.6) is 0 Å².